The Morgan fingerprint density at radius 3 is 3.13 bits per heavy atom. The summed E-state index contributed by atoms with van der Waals surface area (Å²) in [7, 11) is 0. The fourth-order valence-corrected chi connectivity index (χ4v) is 1.47. The van der Waals surface area contributed by atoms with Crippen molar-refractivity contribution in [2.75, 3.05) is 6.61 Å². The molecule has 1 N–H and O–H groups in total. The van der Waals surface area contributed by atoms with Crippen LogP contribution in [-0.2, 0) is 0 Å². The molecule has 0 fully saturated rings. The number of aromatic amines is 1. The van der Waals surface area contributed by atoms with Crippen LogP contribution in [-0.4, -0.2) is 11.6 Å². The predicted octanol–water partition coefficient (Wildman–Crippen LogP) is 2.96. The number of rotatable bonds is 3. The maximum absolute atomic E-state index is 5.57. The number of benzene rings is 1. The van der Waals surface area contributed by atoms with E-state index in [0.717, 1.165) is 17.7 Å². The van der Waals surface area contributed by atoms with Crippen molar-refractivity contribution >= 4 is 10.9 Å². The average Bonchev–Trinajstić information content (AvgIpc) is 2.71. The van der Waals surface area contributed by atoms with Gasteiger partial charge in [0, 0.05) is 23.5 Å². The van der Waals surface area contributed by atoms with Crippen LogP contribution in [0.2, 0.25) is 0 Å². The molecule has 0 unspecified atom stereocenters. The molecule has 1 aromatic heterocycles. The third kappa shape index (κ3) is 2.32. The van der Waals surface area contributed by atoms with Crippen LogP contribution in [0.1, 0.15) is 13.3 Å². The molecule has 2 nitrogen and oxygen atoms in total. The summed E-state index contributed by atoms with van der Waals surface area (Å²) in [5.74, 6) is 6.72. The van der Waals surface area contributed by atoms with E-state index in [4.69, 9.17) is 4.74 Å². The second-order valence-corrected chi connectivity index (χ2v) is 3.25. The topological polar surface area (TPSA) is 25.0 Å². The van der Waals surface area contributed by atoms with E-state index in [-0.39, 0.29) is 0 Å². The Balaban J connectivity index is 2.03. The molecule has 0 saturated carbocycles. The zero-order chi connectivity index (χ0) is 10.5. The van der Waals surface area contributed by atoms with Crippen LogP contribution in [0.4, 0.5) is 0 Å². The van der Waals surface area contributed by atoms with Crippen molar-refractivity contribution in [2.45, 2.75) is 13.3 Å². The highest BCUT2D eigenvalue weighted by Crippen LogP contribution is 2.19. The molecular weight excluding hydrogens is 186 g/mol. The van der Waals surface area contributed by atoms with Gasteiger partial charge >= 0.3 is 0 Å². The first-order chi connectivity index (χ1) is 7.40. The Kier molecular flexibility index (Phi) is 2.94. The molecule has 0 aliphatic rings. The summed E-state index contributed by atoms with van der Waals surface area (Å²) < 4.78 is 5.57. The molecule has 0 amide bonds. The Labute approximate surface area is 89.3 Å². The summed E-state index contributed by atoms with van der Waals surface area (Å²) in [6.45, 7) is 2.49. The number of aromatic nitrogens is 1. The van der Waals surface area contributed by atoms with Gasteiger partial charge in [0.25, 0.3) is 0 Å². The fourth-order valence-electron chi connectivity index (χ4n) is 1.47. The minimum absolute atomic E-state index is 0.650. The van der Waals surface area contributed by atoms with Crippen molar-refractivity contribution in [3.63, 3.8) is 0 Å². The second kappa shape index (κ2) is 4.56. The fraction of sp³-hybridized carbons (Fsp3) is 0.231. The molecule has 0 aliphatic carbocycles. The predicted molar refractivity (Wildman–Crippen MR) is 61.9 cm³/mol. The smallest absolute Gasteiger partial charge is 0.120 e. The second-order valence-electron chi connectivity index (χ2n) is 3.25. The van der Waals surface area contributed by atoms with Crippen molar-refractivity contribution in [3.8, 4) is 17.6 Å². The van der Waals surface area contributed by atoms with Crippen LogP contribution in [0.25, 0.3) is 10.9 Å². The van der Waals surface area contributed by atoms with Gasteiger partial charge in [0.2, 0.25) is 0 Å². The highest BCUT2D eigenvalue weighted by Gasteiger charge is 1.96. The van der Waals surface area contributed by atoms with Crippen molar-refractivity contribution < 1.29 is 4.74 Å². The Hall–Kier alpha value is -1.88. The van der Waals surface area contributed by atoms with E-state index in [0.29, 0.717) is 6.61 Å². The maximum atomic E-state index is 5.57. The minimum Gasteiger partial charge on any atom is -0.493 e. The molecule has 0 aliphatic heterocycles. The van der Waals surface area contributed by atoms with Gasteiger partial charge in [-0.2, -0.15) is 0 Å². The lowest BCUT2D eigenvalue weighted by Crippen LogP contribution is -1.95. The first-order valence-electron chi connectivity index (χ1n) is 5.00. The molecule has 0 bridgehead atoms. The summed E-state index contributed by atoms with van der Waals surface area (Å²) in [5.41, 5.74) is 1.13. The first-order valence-corrected chi connectivity index (χ1v) is 5.00. The van der Waals surface area contributed by atoms with Crippen LogP contribution in [0.5, 0.6) is 5.75 Å². The van der Waals surface area contributed by atoms with Gasteiger partial charge in [-0.25, -0.2) is 0 Å². The SMILES string of the molecule is CC#CCCOc1ccc2[nH]ccc2c1. The van der Waals surface area contributed by atoms with Gasteiger partial charge in [-0.1, -0.05) is 0 Å². The zero-order valence-electron chi connectivity index (χ0n) is 8.71. The number of H-pyrrole nitrogens is 1. The monoisotopic (exact) mass is 199 g/mol. The van der Waals surface area contributed by atoms with E-state index in [2.05, 4.69) is 16.8 Å². The number of ether oxygens (including phenoxy) is 1. The molecule has 2 aromatic rings. The van der Waals surface area contributed by atoms with Crippen molar-refractivity contribution in [2.24, 2.45) is 0 Å². The third-order valence-corrected chi connectivity index (χ3v) is 2.20. The van der Waals surface area contributed by atoms with E-state index < -0.39 is 0 Å². The number of hydrogen-bond acceptors (Lipinski definition) is 1. The molecule has 1 aromatic carbocycles. The molecule has 0 radical (unpaired) electrons. The number of fused-ring (bicyclic) bond motifs is 1. The van der Waals surface area contributed by atoms with Crippen LogP contribution < -0.4 is 4.74 Å². The van der Waals surface area contributed by atoms with E-state index in [9.17, 15) is 0 Å². The van der Waals surface area contributed by atoms with E-state index in [1.165, 1.54) is 5.39 Å². The lowest BCUT2D eigenvalue weighted by molar-refractivity contribution is 0.327. The van der Waals surface area contributed by atoms with Gasteiger partial charge in [0.1, 0.15) is 5.75 Å². The minimum atomic E-state index is 0.650. The molecule has 2 rings (SSSR count). The Morgan fingerprint density at radius 2 is 2.27 bits per heavy atom. The van der Waals surface area contributed by atoms with E-state index in [1.54, 1.807) is 0 Å². The highest BCUT2D eigenvalue weighted by molar-refractivity contribution is 5.80. The number of hydrogen-bond donors (Lipinski definition) is 1. The van der Waals surface area contributed by atoms with Crippen LogP contribution in [0.15, 0.2) is 30.5 Å². The lowest BCUT2D eigenvalue weighted by atomic mass is 10.2. The molecule has 2 heteroatoms. The zero-order valence-corrected chi connectivity index (χ0v) is 8.71. The Morgan fingerprint density at radius 1 is 1.33 bits per heavy atom. The molecule has 76 valence electrons. The van der Waals surface area contributed by atoms with Crippen LogP contribution in [0, 0.1) is 11.8 Å². The summed E-state index contributed by atoms with van der Waals surface area (Å²) in [4.78, 5) is 3.15. The summed E-state index contributed by atoms with van der Waals surface area (Å²) in [5, 5.41) is 1.18. The quantitative estimate of drug-likeness (QED) is 0.596. The normalized spacial score (nSPS) is 9.67. The lowest BCUT2D eigenvalue weighted by Gasteiger charge is -2.03. The molecule has 1 heterocycles. The molecule has 0 spiro atoms. The van der Waals surface area contributed by atoms with Crippen molar-refractivity contribution in [3.05, 3.63) is 30.5 Å². The summed E-state index contributed by atoms with van der Waals surface area (Å²) in [6.07, 6.45) is 2.71. The van der Waals surface area contributed by atoms with Crippen molar-refractivity contribution in [1.29, 1.82) is 0 Å². The third-order valence-electron chi connectivity index (χ3n) is 2.20. The standard InChI is InChI=1S/C13H13NO/c1-2-3-4-9-15-12-5-6-13-11(10-12)7-8-14-13/h5-8,10,14H,4,9H2,1H3. The van der Waals surface area contributed by atoms with Crippen LogP contribution >= 0.6 is 0 Å². The number of nitrogens with one attached hydrogen (secondary N) is 1. The highest BCUT2D eigenvalue weighted by atomic mass is 16.5. The van der Waals surface area contributed by atoms with Gasteiger partial charge in [-0.15, -0.1) is 11.8 Å². The molecule has 0 atom stereocenters. The van der Waals surface area contributed by atoms with E-state index in [1.807, 2.05) is 37.4 Å². The maximum Gasteiger partial charge on any atom is 0.120 e. The molecule has 0 saturated heterocycles. The van der Waals surface area contributed by atoms with E-state index >= 15 is 0 Å². The van der Waals surface area contributed by atoms with Crippen LogP contribution in [0.3, 0.4) is 0 Å². The molecular formula is C13H13NO. The van der Waals surface area contributed by atoms with Gasteiger partial charge < -0.3 is 9.72 Å². The average molecular weight is 199 g/mol. The van der Waals surface area contributed by atoms with Gasteiger partial charge in [0.15, 0.2) is 0 Å². The van der Waals surface area contributed by atoms with Gasteiger partial charge in [-0.05, 0) is 31.2 Å². The summed E-state index contributed by atoms with van der Waals surface area (Å²) >= 11 is 0. The summed E-state index contributed by atoms with van der Waals surface area (Å²) in [6, 6.07) is 8.06. The molecule has 15 heavy (non-hydrogen) atoms. The first kappa shape index (κ1) is 9.67. The van der Waals surface area contributed by atoms with Gasteiger partial charge in [-0.3, -0.25) is 0 Å². The largest absolute Gasteiger partial charge is 0.493 e. The Bertz CT molecular complexity index is 502. The van der Waals surface area contributed by atoms with Gasteiger partial charge in [0.05, 0.1) is 6.61 Å². The van der Waals surface area contributed by atoms with Crippen molar-refractivity contribution in [1.82, 2.24) is 4.98 Å².